The summed E-state index contributed by atoms with van der Waals surface area (Å²) in [5.74, 6) is 1.50. The van der Waals surface area contributed by atoms with Crippen molar-refractivity contribution < 1.29 is 9.53 Å². The molecule has 1 aromatic heterocycles. The van der Waals surface area contributed by atoms with E-state index in [0.29, 0.717) is 19.0 Å². The van der Waals surface area contributed by atoms with Crippen molar-refractivity contribution in [2.45, 2.75) is 20.0 Å². The highest BCUT2D eigenvalue weighted by molar-refractivity contribution is 5.81. The van der Waals surface area contributed by atoms with Gasteiger partial charge in [0.05, 0.1) is 0 Å². The number of piperazine rings is 1. The minimum Gasteiger partial charge on any atom is -0.481 e. The summed E-state index contributed by atoms with van der Waals surface area (Å²) in [5, 5.41) is 0. The Morgan fingerprint density at radius 1 is 1.08 bits per heavy atom. The monoisotopic (exact) mass is 326 g/mol. The van der Waals surface area contributed by atoms with Crippen molar-refractivity contribution in [2.75, 3.05) is 31.1 Å². The van der Waals surface area contributed by atoms with Gasteiger partial charge in [0.2, 0.25) is 5.95 Å². The first-order chi connectivity index (χ1) is 11.6. The van der Waals surface area contributed by atoms with Crippen molar-refractivity contribution in [2.24, 2.45) is 0 Å². The lowest BCUT2D eigenvalue weighted by atomic mass is 10.2. The Bertz CT molecular complexity index is 684. The summed E-state index contributed by atoms with van der Waals surface area (Å²) >= 11 is 0. The number of aromatic nitrogens is 2. The van der Waals surface area contributed by atoms with Crippen molar-refractivity contribution in [1.29, 1.82) is 0 Å². The highest BCUT2D eigenvalue weighted by Gasteiger charge is 2.27. The number of hydrogen-bond acceptors (Lipinski definition) is 5. The summed E-state index contributed by atoms with van der Waals surface area (Å²) in [6.07, 6.45) is 2.97. The van der Waals surface area contributed by atoms with Gasteiger partial charge in [0.25, 0.3) is 5.91 Å². The number of carbonyl (C=O) groups is 1. The summed E-state index contributed by atoms with van der Waals surface area (Å²) < 4.78 is 5.84. The first kappa shape index (κ1) is 16.2. The third kappa shape index (κ3) is 3.64. The van der Waals surface area contributed by atoms with Crippen LogP contribution in [-0.2, 0) is 4.79 Å². The van der Waals surface area contributed by atoms with Gasteiger partial charge in [-0.25, -0.2) is 9.97 Å². The molecule has 1 aliphatic heterocycles. The van der Waals surface area contributed by atoms with E-state index in [4.69, 9.17) is 4.74 Å². The molecule has 0 bridgehead atoms. The first-order valence-electron chi connectivity index (χ1n) is 8.18. The van der Waals surface area contributed by atoms with E-state index >= 15 is 0 Å². The molecule has 1 fully saturated rings. The number of anilines is 1. The zero-order chi connectivity index (χ0) is 16.9. The van der Waals surface area contributed by atoms with Gasteiger partial charge in [-0.15, -0.1) is 0 Å². The number of nitrogens with zero attached hydrogens (tertiary/aromatic N) is 4. The molecule has 0 saturated carbocycles. The van der Waals surface area contributed by atoms with Crippen molar-refractivity contribution in [3.05, 3.63) is 48.3 Å². The third-order valence-corrected chi connectivity index (χ3v) is 4.17. The van der Waals surface area contributed by atoms with Crippen molar-refractivity contribution in [1.82, 2.24) is 14.9 Å². The van der Waals surface area contributed by atoms with E-state index in [0.717, 1.165) is 24.4 Å². The minimum atomic E-state index is -0.495. The molecule has 6 heteroatoms. The molecule has 1 amide bonds. The van der Waals surface area contributed by atoms with E-state index in [1.807, 2.05) is 36.1 Å². The van der Waals surface area contributed by atoms with Crippen LogP contribution >= 0.6 is 0 Å². The number of rotatable bonds is 4. The second-order valence-corrected chi connectivity index (χ2v) is 5.89. The van der Waals surface area contributed by atoms with Crippen LogP contribution in [0.15, 0.2) is 42.7 Å². The molecule has 0 unspecified atom stereocenters. The fourth-order valence-corrected chi connectivity index (χ4v) is 2.77. The highest BCUT2D eigenvalue weighted by atomic mass is 16.5. The van der Waals surface area contributed by atoms with Gasteiger partial charge in [0, 0.05) is 38.6 Å². The quantitative estimate of drug-likeness (QED) is 0.859. The van der Waals surface area contributed by atoms with Gasteiger partial charge in [0.15, 0.2) is 6.10 Å². The molecule has 24 heavy (non-hydrogen) atoms. The Labute approximate surface area is 142 Å². The predicted molar refractivity (Wildman–Crippen MR) is 92.1 cm³/mol. The van der Waals surface area contributed by atoms with Gasteiger partial charge < -0.3 is 14.5 Å². The molecule has 0 radical (unpaired) electrons. The topological polar surface area (TPSA) is 58.6 Å². The van der Waals surface area contributed by atoms with E-state index in [1.165, 1.54) is 0 Å². The average molecular weight is 326 g/mol. The number of amides is 1. The number of hydrogen-bond donors (Lipinski definition) is 0. The molecule has 1 aromatic carbocycles. The Balaban J connectivity index is 1.56. The molecule has 0 N–H and O–H groups in total. The normalized spacial score (nSPS) is 15.9. The van der Waals surface area contributed by atoms with E-state index < -0.39 is 6.10 Å². The zero-order valence-electron chi connectivity index (χ0n) is 14.1. The fourth-order valence-electron chi connectivity index (χ4n) is 2.77. The molecule has 3 rings (SSSR count). The molecule has 0 spiro atoms. The van der Waals surface area contributed by atoms with Gasteiger partial charge >= 0.3 is 0 Å². The van der Waals surface area contributed by atoms with Gasteiger partial charge in [-0.2, -0.15) is 0 Å². The van der Waals surface area contributed by atoms with Crippen LogP contribution in [0.1, 0.15) is 12.5 Å². The lowest BCUT2D eigenvalue weighted by molar-refractivity contribution is -0.138. The Hall–Kier alpha value is -2.63. The van der Waals surface area contributed by atoms with Crippen molar-refractivity contribution in [3.63, 3.8) is 0 Å². The van der Waals surface area contributed by atoms with E-state index in [1.54, 1.807) is 25.4 Å². The van der Waals surface area contributed by atoms with E-state index in [2.05, 4.69) is 14.9 Å². The lowest BCUT2D eigenvalue weighted by Crippen LogP contribution is -2.52. The number of aryl methyl sites for hydroxylation is 1. The molecule has 6 nitrogen and oxygen atoms in total. The second-order valence-electron chi connectivity index (χ2n) is 5.89. The van der Waals surface area contributed by atoms with Crippen LogP contribution in [0, 0.1) is 6.92 Å². The van der Waals surface area contributed by atoms with Gasteiger partial charge in [-0.3, -0.25) is 4.79 Å². The maximum absolute atomic E-state index is 12.6. The van der Waals surface area contributed by atoms with Crippen LogP contribution in [0.25, 0.3) is 0 Å². The molecule has 1 saturated heterocycles. The lowest BCUT2D eigenvalue weighted by Gasteiger charge is -2.35. The van der Waals surface area contributed by atoms with Gasteiger partial charge in [-0.1, -0.05) is 18.2 Å². The zero-order valence-corrected chi connectivity index (χ0v) is 14.1. The van der Waals surface area contributed by atoms with Crippen molar-refractivity contribution in [3.8, 4) is 5.75 Å². The van der Waals surface area contributed by atoms with Crippen LogP contribution in [0.4, 0.5) is 5.95 Å². The van der Waals surface area contributed by atoms with Crippen LogP contribution in [0.2, 0.25) is 0 Å². The van der Waals surface area contributed by atoms with E-state index in [9.17, 15) is 4.79 Å². The SMILES string of the molecule is Cc1ccccc1O[C@H](C)C(=O)N1CCN(c2ncccn2)CC1. The maximum atomic E-state index is 12.6. The Kier molecular flexibility index (Phi) is 4.93. The molecule has 1 atom stereocenters. The minimum absolute atomic E-state index is 0.0203. The summed E-state index contributed by atoms with van der Waals surface area (Å²) in [4.78, 5) is 25.1. The fraction of sp³-hybridized carbons (Fsp3) is 0.389. The Morgan fingerprint density at radius 3 is 2.42 bits per heavy atom. The highest BCUT2D eigenvalue weighted by Crippen LogP contribution is 2.19. The summed E-state index contributed by atoms with van der Waals surface area (Å²) in [7, 11) is 0. The van der Waals surface area contributed by atoms with Crippen molar-refractivity contribution >= 4 is 11.9 Å². The number of para-hydroxylation sites is 1. The van der Waals surface area contributed by atoms with Crippen LogP contribution in [0.3, 0.4) is 0 Å². The maximum Gasteiger partial charge on any atom is 0.263 e. The average Bonchev–Trinajstić information content (AvgIpc) is 2.64. The molecular formula is C18H22N4O2. The largest absolute Gasteiger partial charge is 0.481 e. The standard InChI is InChI=1S/C18H22N4O2/c1-14-6-3-4-7-16(14)24-15(2)17(23)21-10-12-22(13-11-21)18-19-8-5-9-20-18/h3-9,15H,10-13H2,1-2H3/t15-/m1/s1. The summed E-state index contributed by atoms with van der Waals surface area (Å²) in [5.41, 5.74) is 1.03. The molecule has 2 heterocycles. The molecule has 0 aliphatic carbocycles. The molecule has 126 valence electrons. The Morgan fingerprint density at radius 2 is 1.75 bits per heavy atom. The number of benzene rings is 1. The third-order valence-electron chi connectivity index (χ3n) is 4.17. The van der Waals surface area contributed by atoms with Crippen LogP contribution in [0.5, 0.6) is 5.75 Å². The van der Waals surface area contributed by atoms with Crippen LogP contribution in [-0.4, -0.2) is 53.1 Å². The molecular weight excluding hydrogens is 304 g/mol. The molecule has 2 aromatic rings. The summed E-state index contributed by atoms with van der Waals surface area (Å²) in [6, 6.07) is 9.54. The smallest absolute Gasteiger partial charge is 0.263 e. The first-order valence-corrected chi connectivity index (χ1v) is 8.18. The van der Waals surface area contributed by atoms with Gasteiger partial charge in [-0.05, 0) is 31.5 Å². The summed E-state index contributed by atoms with van der Waals surface area (Å²) in [6.45, 7) is 6.55. The number of carbonyl (C=O) groups excluding carboxylic acids is 1. The van der Waals surface area contributed by atoms with E-state index in [-0.39, 0.29) is 5.91 Å². The molecule has 1 aliphatic rings. The van der Waals surface area contributed by atoms with Gasteiger partial charge in [0.1, 0.15) is 5.75 Å². The predicted octanol–water partition coefficient (Wildman–Crippen LogP) is 1.90. The second kappa shape index (κ2) is 7.29. The number of ether oxygens (including phenoxy) is 1. The van der Waals surface area contributed by atoms with Crippen LogP contribution < -0.4 is 9.64 Å².